The Hall–Kier alpha value is -3.65. The maximum absolute atomic E-state index is 14.8. The van der Waals surface area contributed by atoms with Crippen LogP contribution in [0.3, 0.4) is 0 Å². The van der Waals surface area contributed by atoms with Crippen LogP contribution in [-0.4, -0.2) is 38.5 Å². The number of carbonyl (C=O) groups excluding carboxylic acids is 1. The Morgan fingerprint density at radius 1 is 1.13 bits per heavy atom. The molecule has 1 aliphatic carbocycles. The topological polar surface area (TPSA) is 84.0 Å². The molecule has 2 aromatic rings. The molecule has 0 bridgehead atoms. The van der Waals surface area contributed by atoms with Gasteiger partial charge in [0.05, 0.1) is 11.8 Å². The summed E-state index contributed by atoms with van der Waals surface area (Å²) in [5.41, 5.74) is 2.96. The number of benzene rings is 2. The van der Waals surface area contributed by atoms with Crippen LogP contribution in [0.4, 0.5) is 15.8 Å². The van der Waals surface area contributed by atoms with Crippen molar-refractivity contribution in [3.8, 4) is 5.75 Å². The summed E-state index contributed by atoms with van der Waals surface area (Å²) in [6, 6.07) is 10.7. The predicted octanol–water partition coefficient (Wildman–Crippen LogP) is 4.93. The number of nitrogens with one attached hydrogen (secondary N) is 3. The Morgan fingerprint density at radius 2 is 1.79 bits per heavy atom. The van der Waals surface area contributed by atoms with Crippen LogP contribution in [0, 0.1) is 5.82 Å². The number of ether oxygens (including phenoxy) is 2. The first-order valence-electron chi connectivity index (χ1n) is 13.0. The molecular formula is C30H41FN4O3. The number of hydrogen-bond donors (Lipinski definition) is 3. The zero-order chi connectivity index (χ0) is 27.9. The van der Waals surface area contributed by atoms with Crippen molar-refractivity contribution in [1.82, 2.24) is 5.32 Å². The minimum Gasteiger partial charge on any atom is -0.491 e. The number of methoxy groups -OCH3 is 1. The van der Waals surface area contributed by atoms with Crippen molar-refractivity contribution in [3.63, 3.8) is 0 Å². The zero-order valence-corrected chi connectivity index (χ0v) is 23.2. The minimum atomic E-state index is -0.494. The lowest BCUT2D eigenvalue weighted by atomic mass is 10.2. The highest BCUT2D eigenvalue weighted by Gasteiger charge is 2.09. The molecule has 3 rings (SSSR count). The van der Waals surface area contributed by atoms with Crippen LogP contribution >= 0.6 is 0 Å². The van der Waals surface area contributed by atoms with Crippen molar-refractivity contribution in [2.45, 2.75) is 59.4 Å². The SMILES string of the molecule is C=c1cc(OCCOC)cc(F)/c1=C(/N=C\C)Nc1ccc(NC(=O)CCC)cc1.CC(C)NC=C1CC1. The molecule has 206 valence electrons. The number of amides is 1. The van der Waals surface area contributed by atoms with E-state index in [1.165, 1.54) is 18.9 Å². The van der Waals surface area contributed by atoms with Crippen LogP contribution in [0.5, 0.6) is 5.75 Å². The van der Waals surface area contributed by atoms with E-state index in [1.54, 1.807) is 56.2 Å². The van der Waals surface area contributed by atoms with Crippen molar-refractivity contribution in [1.29, 1.82) is 0 Å². The Bertz CT molecular complexity index is 1200. The summed E-state index contributed by atoms with van der Waals surface area (Å²) in [5, 5.41) is 9.90. The van der Waals surface area contributed by atoms with E-state index >= 15 is 0 Å². The van der Waals surface area contributed by atoms with Gasteiger partial charge in [-0.25, -0.2) is 9.38 Å². The van der Waals surface area contributed by atoms with Gasteiger partial charge in [-0.1, -0.05) is 19.1 Å². The van der Waals surface area contributed by atoms with E-state index in [0.717, 1.165) is 6.42 Å². The fourth-order valence-corrected chi connectivity index (χ4v) is 3.24. The molecule has 1 amide bonds. The summed E-state index contributed by atoms with van der Waals surface area (Å²) in [6.07, 6.45) is 7.61. The van der Waals surface area contributed by atoms with Gasteiger partial charge in [-0.2, -0.15) is 0 Å². The molecular weight excluding hydrogens is 483 g/mol. The molecule has 3 N–H and O–H groups in total. The van der Waals surface area contributed by atoms with Crippen molar-refractivity contribution in [2.75, 3.05) is 31.0 Å². The maximum Gasteiger partial charge on any atom is 0.224 e. The van der Waals surface area contributed by atoms with Crippen LogP contribution < -0.4 is 31.1 Å². The molecule has 8 heteroatoms. The van der Waals surface area contributed by atoms with Crippen LogP contribution in [0.25, 0.3) is 12.4 Å². The van der Waals surface area contributed by atoms with Gasteiger partial charge in [-0.05, 0) is 81.8 Å². The molecule has 0 atom stereocenters. The van der Waals surface area contributed by atoms with E-state index < -0.39 is 5.82 Å². The summed E-state index contributed by atoms with van der Waals surface area (Å²) in [5.74, 6) is 0.181. The van der Waals surface area contributed by atoms with Crippen molar-refractivity contribution < 1.29 is 18.7 Å². The van der Waals surface area contributed by atoms with Gasteiger partial charge in [0.15, 0.2) is 0 Å². The number of rotatable bonds is 12. The van der Waals surface area contributed by atoms with Crippen LogP contribution in [-0.2, 0) is 9.53 Å². The largest absolute Gasteiger partial charge is 0.491 e. The predicted molar refractivity (Wildman–Crippen MR) is 155 cm³/mol. The van der Waals surface area contributed by atoms with Gasteiger partial charge in [0, 0.05) is 43.2 Å². The van der Waals surface area contributed by atoms with Crippen LogP contribution in [0.2, 0.25) is 0 Å². The van der Waals surface area contributed by atoms with Crippen LogP contribution in [0.15, 0.2) is 53.2 Å². The average molecular weight is 525 g/mol. The molecule has 0 radical (unpaired) electrons. The summed E-state index contributed by atoms with van der Waals surface area (Å²) < 4.78 is 25.3. The molecule has 38 heavy (non-hydrogen) atoms. The lowest BCUT2D eigenvalue weighted by Gasteiger charge is -2.11. The Kier molecular flexibility index (Phi) is 13.1. The Balaban J connectivity index is 0.000000538. The van der Waals surface area contributed by atoms with E-state index in [1.807, 2.05) is 6.92 Å². The van der Waals surface area contributed by atoms with E-state index in [0.29, 0.717) is 53.8 Å². The summed E-state index contributed by atoms with van der Waals surface area (Å²) in [4.78, 5) is 16.0. The van der Waals surface area contributed by atoms with Gasteiger partial charge in [-0.3, -0.25) is 4.79 Å². The van der Waals surface area contributed by atoms with Gasteiger partial charge in [0.2, 0.25) is 5.91 Å². The Labute approximate surface area is 225 Å². The third kappa shape index (κ3) is 11.2. The molecule has 0 spiro atoms. The standard InChI is InChI=1S/C23H28FN3O3.C7H13N/c1-5-7-21(28)26-17-8-10-18(11-9-17)27-23(25-6-2)22-16(3)14-19(15-20(22)24)30-13-12-29-4;1-6(2)8-5-7-3-4-7/h6,8-11,14-15,27H,3,5,7,12-13H2,1-2,4H3,(H,26,28);5-6,8H,3-4H2,1-2H3/b23-22-,25-6-;. The molecule has 0 heterocycles. The van der Waals surface area contributed by atoms with E-state index in [4.69, 9.17) is 9.47 Å². The first-order chi connectivity index (χ1) is 18.3. The number of anilines is 2. The lowest BCUT2D eigenvalue weighted by molar-refractivity contribution is -0.116. The quantitative estimate of drug-likeness (QED) is 0.271. The number of hydrogen-bond acceptors (Lipinski definition) is 6. The molecule has 0 saturated heterocycles. The normalized spacial score (nSPS) is 13.0. The fraction of sp³-hybridized carbons (Fsp3) is 0.400. The first kappa shape index (κ1) is 30.6. The van der Waals surface area contributed by atoms with Gasteiger partial charge in [0.1, 0.15) is 24.0 Å². The third-order valence-electron chi connectivity index (χ3n) is 5.26. The molecule has 0 aliphatic heterocycles. The second-order valence-corrected chi connectivity index (χ2v) is 9.14. The maximum atomic E-state index is 14.8. The van der Waals surface area contributed by atoms with E-state index in [-0.39, 0.29) is 11.1 Å². The van der Waals surface area contributed by atoms with Crippen LogP contribution in [0.1, 0.15) is 53.4 Å². The average Bonchev–Trinajstić information content (AvgIpc) is 3.69. The first-order valence-corrected chi connectivity index (χ1v) is 13.0. The summed E-state index contributed by atoms with van der Waals surface area (Å²) in [7, 11) is 1.57. The number of carbonyl (C=O) groups is 1. The number of halogens is 1. The molecule has 1 aliphatic rings. The van der Waals surface area contributed by atoms with Crippen molar-refractivity contribution >= 4 is 35.9 Å². The molecule has 1 saturated carbocycles. The van der Waals surface area contributed by atoms with Crippen molar-refractivity contribution in [3.05, 3.63) is 64.4 Å². The van der Waals surface area contributed by atoms with Gasteiger partial charge in [-0.15, -0.1) is 0 Å². The second kappa shape index (κ2) is 16.2. The van der Waals surface area contributed by atoms with E-state index in [2.05, 4.69) is 47.6 Å². The van der Waals surface area contributed by atoms with Gasteiger partial charge in [0.25, 0.3) is 0 Å². The number of nitrogens with zero attached hydrogens (tertiary/aromatic N) is 1. The van der Waals surface area contributed by atoms with Crippen molar-refractivity contribution in [2.24, 2.45) is 4.99 Å². The Morgan fingerprint density at radius 3 is 2.32 bits per heavy atom. The van der Waals surface area contributed by atoms with E-state index in [9.17, 15) is 9.18 Å². The smallest absolute Gasteiger partial charge is 0.224 e. The second-order valence-electron chi connectivity index (χ2n) is 9.14. The highest BCUT2D eigenvalue weighted by molar-refractivity contribution is 5.90. The van der Waals surface area contributed by atoms with Gasteiger partial charge >= 0.3 is 0 Å². The van der Waals surface area contributed by atoms with Gasteiger partial charge < -0.3 is 25.4 Å². The molecule has 0 unspecified atom stereocenters. The fourth-order valence-electron chi connectivity index (χ4n) is 3.24. The molecule has 1 fully saturated rings. The zero-order valence-electron chi connectivity index (χ0n) is 23.2. The number of allylic oxidation sites excluding steroid dienone is 1. The summed E-state index contributed by atoms with van der Waals surface area (Å²) in [6.45, 7) is 12.7. The minimum absolute atomic E-state index is 0.0300. The highest BCUT2D eigenvalue weighted by atomic mass is 19.1. The molecule has 2 aromatic carbocycles. The lowest BCUT2D eigenvalue weighted by Crippen LogP contribution is -2.31. The summed E-state index contributed by atoms with van der Waals surface area (Å²) >= 11 is 0. The molecule has 7 nitrogen and oxygen atoms in total. The highest BCUT2D eigenvalue weighted by Crippen LogP contribution is 2.26. The number of aliphatic imine (C=N–C) groups is 1. The monoisotopic (exact) mass is 524 g/mol. The third-order valence-corrected chi connectivity index (χ3v) is 5.26. The molecule has 0 aromatic heterocycles.